The number of hydrogen-bond acceptors (Lipinski definition) is 7. The summed E-state index contributed by atoms with van der Waals surface area (Å²) in [6.07, 6.45) is 9.68. The Hall–Kier alpha value is -3.27. The van der Waals surface area contributed by atoms with Gasteiger partial charge in [-0.05, 0) is 19.8 Å². The molecular weight excluding hydrogens is 396 g/mol. The van der Waals surface area contributed by atoms with E-state index in [1.54, 1.807) is 30.5 Å². The topological polar surface area (TPSA) is 103 Å². The number of nitrogens with one attached hydrogen (secondary N) is 1. The number of imidazole rings is 1. The number of aromatic nitrogens is 6. The highest BCUT2D eigenvalue weighted by atomic mass is 16.5. The normalized spacial score (nSPS) is 13.7. The van der Waals surface area contributed by atoms with Crippen LogP contribution in [0.15, 0.2) is 24.9 Å². The second-order valence-electron chi connectivity index (χ2n) is 7.71. The van der Waals surface area contributed by atoms with E-state index >= 15 is 0 Å². The zero-order valence-electron chi connectivity index (χ0n) is 18.2. The SMILES string of the molecule is COCCc1c(C(=O)NCc2cncn2C)cnn1-c1ncc(C)c(N2CCCC2)n1. The average molecular weight is 425 g/mol. The minimum absolute atomic E-state index is 0.203. The maximum Gasteiger partial charge on any atom is 0.255 e. The molecule has 0 radical (unpaired) electrons. The number of methoxy groups -OCH3 is 1. The molecule has 0 unspecified atom stereocenters. The molecule has 4 heterocycles. The zero-order chi connectivity index (χ0) is 21.8. The number of carbonyl (C=O) groups excluding carboxylic acids is 1. The van der Waals surface area contributed by atoms with E-state index in [9.17, 15) is 4.79 Å². The highest BCUT2D eigenvalue weighted by molar-refractivity contribution is 5.95. The highest BCUT2D eigenvalue weighted by Gasteiger charge is 2.22. The molecule has 10 nitrogen and oxygen atoms in total. The van der Waals surface area contributed by atoms with Crippen molar-refractivity contribution in [1.29, 1.82) is 0 Å². The van der Waals surface area contributed by atoms with Gasteiger partial charge in [0.1, 0.15) is 5.82 Å². The summed E-state index contributed by atoms with van der Waals surface area (Å²) in [5.74, 6) is 1.19. The first-order valence-corrected chi connectivity index (χ1v) is 10.5. The third kappa shape index (κ3) is 4.43. The number of nitrogens with zero attached hydrogens (tertiary/aromatic N) is 7. The standard InChI is InChI=1S/C21H28N8O2/c1-15-10-24-21(26-19(15)28-7-4-5-8-28)29-18(6-9-31-3)17(13-25-29)20(30)23-12-16-11-22-14-27(16)2/h10-11,13-14H,4-9,12H2,1-3H3,(H,23,30). The van der Waals surface area contributed by atoms with Gasteiger partial charge in [0, 0.05) is 51.6 Å². The van der Waals surface area contributed by atoms with Crippen LogP contribution in [0.2, 0.25) is 0 Å². The molecule has 1 aliphatic heterocycles. The van der Waals surface area contributed by atoms with Gasteiger partial charge in [-0.1, -0.05) is 0 Å². The maximum absolute atomic E-state index is 12.9. The second-order valence-corrected chi connectivity index (χ2v) is 7.71. The van der Waals surface area contributed by atoms with Crippen molar-refractivity contribution in [3.63, 3.8) is 0 Å². The Balaban J connectivity index is 1.62. The molecule has 1 fully saturated rings. The van der Waals surface area contributed by atoms with Gasteiger partial charge in [0.25, 0.3) is 11.9 Å². The molecule has 10 heteroatoms. The lowest BCUT2D eigenvalue weighted by molar-refractivity contribution is 0.0948. The van der Waals surface area contributed by atoms with E-state index in [1.807, 2.05) is 24.7 Å². The molecule has 164 valence electrons. The Kier molecular flexibility index (Phi) is 6.26. The third-order valence-electron chi connectivity index (χ3n) is 5.53. The fraction of sp³-hybridized carbons (Fsp3) is 0.476. The lowest BCUT2D eigenvalue weighted by Crippen LogP contribution is -2.25. The van der Waals surface area contributed by atoms with Crippen LogP contribution in [0.1, 0.15) is 40.2 Å². The van der Waals surface area contributed by atoms with E-state index in [0.29, 0.717) is 31.1 Å². The van der Waals surface area contributed by atoms with Gasteiger partial charge in [0.2, 0.25) is 0 Å². The molecule has 0 aromatic carbocycles. The number of hydrogen-bond donors (Lipinski definition) is 1. The van der Waals surface area contributed by atoms with Crippen molar-refractivity contribution in [2.75, 3.05) is 31.7 Å². The van der Waals surface area contributed by atoms with E-state index in [2.05, 4.69) is 25.3 Å². The summed E-state index contributed by atoms with van der Waals surface area (Å²) in [7, 11) is 3.53. The van der Waals surface area contributed by atoms with Gasteiger partial charge in [-0.25, -0.2) is 14.6 Å². The summed E-state index contributed by atoms with van der Waals surface area (Å²) in [6, 6.07) is 0. The van der Waals surface area contributed by atoms with Gasteiger partial charge in [-0.2, -0.15) is 10.1 Å². The number of anilines is 1. The van der Waals surface area contributed by atoms with Crippen molar-refractivity contribution < 1.29 is 9.53 Å². The fourth-order valence-corrected chi connectivity index (χ4v) is 3.77. The first kappa shape index (κ1) is 21.0. The van der Waals surface area contributed by atoms with Crippen LogP contribution in [-0.2, 0) is 24.8 Å². The lowest BCUT2D eigenvalue weighted by atomic mass is 10.2. The van der Waals surface area contributed by atoms with Crippen molar-refractivity contribution >= 4 is 11.7 Å². The fourth-order valence-electron chi connectivity index (χ4n) is 3.77. The Morgan fingerprint density at radius 1 is 1.23 bits per heavy atom. The van der Waals surface area contributed by atoms with Crippen LogP contribution >= 0.6 is 0 Å². The summed E-state index contributed by atoms with van der Waals surface area (Å²) in [5.41, 5.74) is 3.16. The van der Waals surface area contributed by atoms with Crippen molar-refractivity contribution in [3.05, 3.63) is 47.4 Å². The molecule has 1 aliphatic rings. The van der Waals surface area contributed by atoms with Crippen molar-refractivity contribution in [2.24, 2.45) is 7.05 Å². The number of amides is 1. The Morgan fingerprint density at radius 3 is 2.74 bits per heavy atom. The quantitative estimate of drug-likeness (QED) is 0.583. The Morgan fingerprint density at radius 2 is 2.03 bits per heavy atom. The molecule has 1 saturated heterocycles. The maximum atomic E-state index is 12.9. The van der Waals surface area contributed by atoms with E-state index in [0.717, 1.165) is 35.9 Å². The van der Waals surface area contributed by atoms with Crippen molar-refractivity contribution in [3.8, 4) is 5.95 Å². The molecule has 3 aromatic heterocycles. The van der Waals surface area contributed by atoms with Crippen molar-refractivity contribution in [2.45, 2.75) is 32.7 Å². The molecule has 0 saturated carbocycles. The molecule has 4 rings (SSSR count). The second kappa shape index (κ2) is 9.25. The molecule has 1 N–H and O–H groups in total. The summed E-state index contributed by atoms with van der Waals surface area (Å²) in [5, 5.41) is 7.41. The molecule has 0 aliphatic carbocycles. The van der Waals surface area contributed by atoms with Crippen LogP contribution in [0, 0.1) is 6.92 Å². The zero-order valence-corrected chi connectivity index (χ0v) is 18.2. The van der Waals surface area contributed by atoms with Crippen LogP contribution in [0.25, 0.3) is 5.95 Å². The van der Waals surface area contributed by atoms with E-state index in [-0.39, 0.29) is 5.91 Å². The van der Waals surface area contributed by atoms with Crippen LogP contribution in [-0.4, -0.2) is 62.0 Å². The first-order chi connectivity index (χ1) is 15.1. The van der Waals surface area contributed by atoms with Gasteiger partial charge < -0.3 is 19.5 Å². The van der Waals surface area contributed by atoms with Crippen LogP contribution in [0.3, 0.4) is 0 Å². The van der Waals surface area contributed by atoms with Gasteiger partial charge in [-0.15, -0.1) is 0 Å². The third-order valence-corrected chi connectivity index (χ3v) is 5.53. The minimum Gasteiger partial charge on any atom is -0.384 e. The monoisotopic (exact) mass is 424 g/mol. The summed E-state index contributed by atoms with van der Waals surface area (Å²) >= 11 is 0. The summed E-state index contributed by atoms with van der Waals surface area (Å²) < 4.78 is 8.79. The van der Waals surface area contributed by atoms with E-state index < -0.39 is 0 Å². The number of rotatable bonds is 8. The van der Waals surface area contributed by atoms with E-state index in [1.165, 1.54) is 12.8 Å². The number of ether oxygens (including phenoxy) is 1. The van der Waals surface area contributed by atoms with Gasteiger partial charge in [0.05, 0.1) is 42.6 Å². The van der Waals surface area contributed by atoms with E-state index in [4.69, 9.17) is 9.72 Å². The molecule has 0 spiro atoms. The molecule has 1 amide bonds. The van der Waals surface area contributed by atoms with Gasteiger partial charge >= 0.3 is 0 Å². The van der Waals surface area contributed by atoms with Crippen LogP contribution < -0.4 is 10.2 Å². The minimum atomic E-state index is -0.203. The smallest absolute Gasteiger partial charge is 0.255 e. The average Bonchev–Trinajstić information content (AvgIpc) is 3.52. The van der Waals surface area contributed by atoms with Gasteiger partial charge in [0.15, 0.2) is 0 Å². The molecular formula is C21H28N8O2. The molecule has 3 aromatic rings. The number of carbonyl (C=O) groups is 1. The van der Waals surface area contributed by atoms with Crippen LogP contribution in [0.5, 0.6) is 0 Å². The Labute approximate surface area is 181 Å². The summed E-state index contributed by atoms with van der Waals surface area (Å²) in [4.78, 5) is 28.6. The largest absolute Gasteiger partial charge is 0.384 e. The summed E-state index contributed by atoms with van der Waals surface area (Å²) in [6.45, 7) is 4.84. The number of aryl methyl sites for hydroxylation is 2. The predicted molar refractivity (Wildman–Crippen MR) is 115 cm³/mol. The van der Waals surface area contributed by atoms with Crippen molar-refractivity contribution in [1.82, 2.24) is 34.6 Å². The van der Waals surface area contributed by atoms with Gasteiger partial charge in [-0.3, -0.25) is 4.79 Å². The highest BCUT2D eigenvalue weighted by Crippen LogP contribution is 2.23. The Bertz CT molecular complexity index is 1050. The predicted octanol–water partition coefficient (Wildman–Crippen LogP) is 1.42. The van der Waals surface area contributed by atoms with Crippen LogP contribution in [0.4, 0.5) is 5.82 Å². The molecule has 0 atom stereocenters. The first-order valence-electron chi connectivity index (χ1n) is 10.5. The molecule has 0 bridgehead atoms. The lowest BCUT2D eigenvalue weighted by Gasteiger charge is -2.19. The molecule has 31 heavy (non-hydrogen) atoms.